The highest BCUT2D eigenvalue weighted by molar-refractivity contribution is 5.90. The average Bonchev–Trinajstić information content (AvgIpc) is 2.73. The van der Waals surface area contributed by atoms with Crippen LogP contribution in [0.5, 0.6) is 0 Å². The van der Waals surface area contributed by atoms with Crippen molar-refractivity contribution in [2.75, 3.05) is 5.32 Å². The van der Waals surface area contributed by atoms with Crippen LogP contribution in [-0.2, 0) is 18.3 Å². The van der Waals surface area contributed by atoms with Crippen molar-refractivity contribution in [2.45, 2.75) is 40.5 Å². The molecule has 2 aromatic rings. The predicted molar refractivity (Wildman–Crippen MR) is 90.9 cm³/mol. The number of hydrogen-bond acceptors (Lipinski definition) is 4. The molecule has 2 rings (SSSR count). The number of carbonyl (C=O) groups is 1. The van der Waals surface area contributed by atoms with Crippen LogP contribution in [0.1, 0.15) is 40.1 Å². The smallest absolute Gasteiger partial charge is 0.266 e. The van der Waals surface area contributed by atoms with Crippen molar-refractivity contribution in [2.24, 2.45) is 7.05 Å². The summed E-state index contributed by atoms with van der Waals surface area (Å²) in [7, 11) is 1.78. The van der Waals surface area contributed by atoms with Crippen LogP contribution < -0.4 is 10.9 Å². The first-order chi connectivity index (χ1) is 11.3. The van der Waals surface area contributed by atoms with Gasteiger partial charge in [0.2, 0.25) is 5.91 Å². The topological polar surface area (TPSA) is 104 Å². The van der Waals surface area contributed by atoms with Gasteiger partial charge in [-0.3, -0.25) is 14.3 Å². The molecule has 0 aliphatic carbocycles. The summed E-state index contributed by atoms with van der Waals surface area (Å²) in [6.07, 6.45) is 0.701. The van der Waals surface area contributed by atoms with Gasteiger partial charge in [0.15, 0.2) is 0 Å². The summed E-state index contributed by atoms with van der Waals surface area (Å²) in [6, 6.07) is 1.92. The Hall–Kier alpha value is -2.88. The molecule has 0 bridgehead atoms. The Morgan fingerprint density at radius 1 is 1.29 bits per heavy atom. The summed E-state index contributed by atoms with van der Waals surface area (Å²) < 4.78 is 1.65. The van der Waals surface area contributed by atoms with E-state index in [1.54, 1.807) is 25.6 Å². The normalized spacial score (nSPS) is 10.5. The first kappa shape index (κ1) is 17.5. The molecule has 0 atom stereocenters. The van der Waals surface area contributed by atoms with Gasteiger partial charge in [-0.15, -0.1) is 0 Å². The Bertz CT molecular complexity index is 899. The van der Waals surface area contributed by atoms with E-state index in [9.17, 15) is 9.59 Å². The summed E-state index contributed by atoms with van der Waals surface area (Å²) in [4.78, 5) is 26.7. The van der Waals surface area contributed by atoms with Crippen molar-refractivity contribution >= 4 is 11.7 Å². The molecule has 24 heavy (non-hydrogen) atoms. The van der Waals surface area contributed by atoms with Gasteiger partial charge in [0.05, 0.1) is 5.69 Å². The van der Waals surface area contributed by atoms with Crippen LogP contribution in [0.2, 0.25) is 0 Å². The van der Waals surface area contributed by atoms with E-state index in [4.69, 9.17) is 5.26 Å². The molecule has 1 amide bonds. The number of nitriles is 1. The molecule has 0 aliphatic heterocycles. The fourth-order valence-corrected chi connectivity index (χ4v) is 2.79. The van der Waals surface area contributed by atoms with Gasteiger partial charge in [-0.2, -0.15) is 10.4 Å². The third kappa shape index (κ3) is 3.23. The van der Waals surface area contributed by atoms with Crippen molar-refractivity contribution in [3.8, 4) is 6.07 Å². The fourth-order valence-electron chi connectivity index (χ4n) is 2.79. The molecule has 0 aromatic carbocycles. The molecule has 2 N–H and O–H groups in total. The number of aromatic amines is 1. The lowest BCUT2D eigenvalue weighted by Gasteiger charge is -2.11. The van der Waals surface area contributed by atoms with Crippen LogP contribution in [0.4, 0.5) is 5.82 Å². The van der Waals surface area contributed by atoms with E-state index in [-0.39, 0.29) is 23.5 Å². The molecule has 7 heteroatoms. The number of H-pyrrole nitrogens is 1. The zero-order valence-electron chi connectivity index (χ0n) is 14.6. The number of amides is 1. The number of nitrogens with one attached hydrogen (secondary N) is 2. The Balaban J connectivity index is 2.16. The number of hydrogen-bond donors (Lipinski definition) is 2. The zero-order chi connectivity index (χ0) is 18.0. The summed E-state index contributed by atoms with van der Waals surface area (Å²) in [5.74, 6) is 0.551. The number of rotatable bonds is 4. The summed E-state index contributed by atoms with van der Waals surface area (Å²) in [5.41, 5.74) is 3.69. The Morgan fingerprint density at radius 2 is 1.96 bits per heavy atom. The van der Waals surface area contributed by atoms with E-state index in [1.165, 1.54) is 0 Å². The van der Waals surface area contributed by atoms with Gasteiger partial charge in [-0.1, -0.05) is 0 Å². The van der Waals surface area contributed by atoms with Gasteiger partial charge in [-0.25, -0.2) is 0 Å². The monoisotopic (exact) mass is 327 g/mol. The number of carbonyl (C=O) groups excluding carboxylic acids is 1. The van der Waals surface area contributed by atoms with Gasteiger partial charge in [0, 0.05) is 24.7 Å². The van der Waals surface area contributed by atoms with E-state index in [0.717, 1.165) is 16.8 Å². The first-order valence-electron chi connectivity index (χ1n) is 7.68. The van der Waals surface area contributed by atoms with E-state index in [2.05, 4.69) is 15.4 Å². The molecular weight excluding hydrogens is 306 g/mol. The van der Waals surface area contributed by atoms with E-state index < -0.39 is 0 Å². The van der Waals surface area contributed by atoms with Crippen LogP contribution >= 0.6 is 0 Å². The third-order valence-corrected chi connectivity index (χ3v) is 4.30. The molecule has 2 heterocycles. The minimum Gasteiger partial charge on any atom is -0.325 e. The standard InChI is InChI=1S/C17H21N5O2/c1-9-11(3)21-22(5)16(9)20-15(23)7-6-13-10(2)14(8-18)17(24)19-12(13)4/h6-7H2,1-5H3,(H,19,24)(H,20,23). The first-order valence-corrected chi connectivity index (χ1v) is 7.68. The van der Waals surface area contributed by atoms with E-state index in [0.29, 0.717) is 23.5 Å². The molecule has 7 nitrogen and oxygen atoms in total. The summed E-state index contributed by atoms with van der Waals surface area (Å²) >= 11 is 0. The lowest BCUT2D eigenvalue weighted by Crippen LogP contribution is -2.19. The fraction of sp³-hybridized carbons (Fsp3) is 0.412. The number of pyridine rings is 1. The van der Waals surface area contributed by atoms with Gasteiger partial charge in [-0.05, 0) is 45.2 Å². The van der Waals surface area contributed by atoms with Crippen molar-refractivity contribution < 1.29 is 4.79 Å². The minimum atomic E-state index is -0.387. The maximum absolute atomic E-state index is 12.3. The highest BCUT2D eigenvalue weighted by Gasteiger charge is 2.15. The van der Waals surface area contributed by atoms with Crippen LogP contribution in [0.3, 0.4) is 0 Å². The number of aromatic nitrogens is 3. The van der Waals surface area contributed by atoms with E-state index in [1.807, 2.05) is 19.9 Å². The minimum absolute atomic E-state index is 0.106. The van der Waals surface area contributed by atoms with Crippen molar-refractivity contribution in [3.05, 3.63) is 44.0 Å². The predicted octanol–water partition coefficient (Wildman–Crippen LogP) is 1.79. The zero-order valence-corrected chi connectivity index (χ0v) is 14.6. The van der Waals surface area contributed by atoms with Gasteiger partial charge in [0.25, 0.3) is 5.56 Å². The lowest BCUT2D eigenvalue weighted by atomic mass is 9.99. The van der Waals surface area contributed by atoms with Crippen LogP contribution in [0.15, 0.2) is 4.79 Å². The molecule has 0 fully saturated rings. The highest BCUT2D eigenvalue weighted by Crippen LogP contribution is 2.18. The average molecular weight is 327 g/mol. The lowest BCUT2D eigenvalue weighted by molar-refractivity contribution is -0.116. The molecular formula is C17H21N5O2. The summed E-state index contributed by atoms with van der Waals surface area (Å²) in [5, 5.41) is 16.2. The Labute approximate surface area is 140 Å². The van der Waals surface area contributed by atoms with Crippen molar-refractivity contribution in [3.63, 3.8) is 0 Å². The molecule has 0 unspecified atom stereocenters. The summed E-state index contributed by atoms with van der Waals surface area (Å²) in [6.45, 7) is 7.31. The Kier molecular flexibility index (Phi) is 4.88. The highest BCUT2D eigenvalue weighted by atomic mass is 16.1. The molecule has 0 saturated carbocycles. The second-order valence-electron chi connectivity index (χ2n) is 5.90. The molecule has 0 saturated heterocycles. The van der Waals surface area contributed by atoms with Crippen LogP contribution in [-0.4, -0.2) is 20.7 Å². The molecule has 0 radical (unpaired) electrons. The SMILES string of the molecule is Cc1nn(C)c(NC(=O)CCc2c(C)[nH]c(=O)c(C#N)c2C)c1C. The van der Waals surface area contributed by atoms with Gasteiger partial charge < -0.3 is 10.3 Å². The second-order valence-corrected chi connectivity index (χ2v) is 5.90. The van der Waals surface area contributed by atoms with Crippen molar-refractivity contribution in [1.29, 1.82) is 5.26 Å². The van der Waals surface area contributed by atoms with Gasteiger partial charge in [0.1, 0.15) is 17.5 Å². The molecule has 2 aromatic heterocycles. The van der Waals surface area contributed by atoms with Crippen LogP contribution in [0.25, 0.3) is 0 Å². The largest absolute Gasteiger partial charge is 0.325 e. The van der Waals surface area contributed by atoms with E-state index >= 15 is 0 Å². The quantitative estimate of drug-likeness (QED) is 0.893. The maximum Gasteiger partial charge on any atom is 0.266 e. The number of nitrogens with zero attached hydrogens (tertiary/aromatic N) is 3. The van der Waals surface area contributed by atoms with Gasteiger partial charge >= 0.3 is 0 Å². The van der Waals surface area contributed by atoms with Crippen molar-refractivity contribution in [1.82, 2.24) is 14.8 Å². The Morgan fingerprint density at radius 3 is 2.50 bits per heavy atom. The third-order valence-electron chi connectivity index (χ3n) is 4.30. The molecule has 0 spiro atoms. The number of aryl methyl sites for hydroxylation is 3. The second kappa shape index (κ2) is 6.71. The van der Waals surface area contributed by atoms with Crippen LogP contribution in [0, 0.1) is 39.0 Å². The molecule has 0 aliphatic rings. The number of anilines is 1. The molecule has 126 valence electrons. The maximum atomic E-state index is 12.3.